The minimum absolute atomic E-state index is 0.0199. The van der Waals surface area contributed by atoms with Crippen molar-refractivity contribution in [1.82, 2.24) is 4.90 Å². The van der Waals surface area contributed by atoms with Crippen molar-refractivity contribution in [3.8, 4) is 0 Å². The maximum atomic E-state index is 13.5. The third-order valence-electron chi connectivity index (χ3n) is 3.92. The van der Waals surface area contributed by atoms with E-state index < -0.39 is 29.4 Å². The number of carbonyl (C=O) groups is 3. The molecule has 0 aromatic heterocycles. The van der Waals surface area contributed by atoms with E-state index in [-0.39, 0.29) is 25.1 Å². The summed E-state index contributed by atoms with van der Waals surface area (Å²) in [5.74, 6) is -2.91. The minimum atomic E-state index is -0.871. The molecule has 0 fully saturated rings. The molecule has 1 aliphatic heterocycles. The minimum Gasteiger partial charge on any atom is -0.324 e. The fourth-order valence-corrected chi connectivity index (χ4v) is 3.03. The Bertz CT molecular complexity index is 917. The fourth-order valence-electron chi connectivity index (χ4n) is 2.67. The Hall–Kier alpha value is -2.61. The Morgan fingerprint density at radius 1 is 1.04 bits per heavy atom. The molecule has 8 heteroatoms. The van der Waals surface area contributed by atoms with Crippen LogP contribution in [0.2, 0.25) is 0 Å². The second kappa shape index (κ2) is 7.33. The second-order valence-corrected chi connectivity index (χ2v) is 6.64. The molecule has 3 amide bonds. The average Bonchev–Trinajstić information content (AvgIpc) is 2.82. The quantitative estimate of drug-likeness (QED) is 0.746. The lowest BCUT2D eigenvalue weighted by Gasteiger charge is -2.13. The first kappa shape index (κ1) is 18.2. The second-order valence-electron chi connectivity index (χ2n) is 5.73. The largest absolute Gasteiger partial charge is 0.324 e. The first-order valence-electron chi connectivity index (χ1n) is 7.77. The highest BCUT2D eigenvalue weighted by atomic mass is 79.9. The summed E-state index contributed by atoms with van der Waals surface area (Å²) in [6, 6.07) is 7.67. The van der Waals surface area contributed by atoms with Crippen LogP contribution in [-0.2, 0) is 4.79 Å². The molecule has 3 rings (SSSR count). The van der Waals surface area contributed by atoms with Crippen LogP contribution in [0.4, 0.5) is 14.5 Å². The van der Waals surface area contributed by atoms with Gasteiger partial charge >= 0.3 is 0 Å². The number of nitrogens with zero attached hydrogens (tertiary/aromatic N) is 1. The van der Waals surface area contributed by atoms with Gasteiger partial charge in [-0.15, -0.1) is 0 Å². The predicted molar refractivity (Wildman–Crippen MR) is 93.7 cm³/mol. The molecule has 1 N–H and O–H groups in total. The van der Waals surface area contributed by atoms with Crippen LogP contribution < -0.4 is 5.32 Å². The van der Waals surface area contributed by atoms with Crippen molar-refractivity contribution in [1.29, 1.82) is 0 Å². The van der Waals surface area contributed by atoms with Crippen LogP contribution >= 0.6 is 15.9 Å². The van der Waals surface area contributed by atoms with Crippen LogP contribution in [0, 0.1) is 11.6 Å². The number of amides is 3. The standard InChI is InChI=1S/C18H13BrF2N2O3/c19-10-3-5-12-13(8-10)18(26)23(17(12)25)7-1-2-16(24)22-15-6-4-11(20)9-14(15)21/h3-6,8-9H,1-2,7H2,(H,22,24). The summed E-state index contributed by atoms with van der Waals surface area (Å²) in [4.78, 5) is 37.5. The first-order chi connectivity index (χ1) is 12.4. The van der Waals surface area contributed by atoms with Crippen LogP contribution in [0.15, 0.2) is 40.9 Å². The molecular weight excluding hydrogens is 410 g/mol. The maximum Gasteiger partial charge on any atom is 0.261 e. The van der Waals surface area contributed by atoms with Gasteiger partial charge in [0.25, 0.3) is 11.8 Å². The van der Waals surface area contributed by atoms with Gasteiger partial charge in [-0.3, -0.25) is 19.3 Å². The van der Waals surface area contributed by atoms with Gasteiger partial charge in [0.05, 0.1) is 16.8 Å². The molecule has 0 saturated carbocycles. The van der Waals surface area contributed by atoms with Crippen molar-refractivity contribution in [3.63, 3.8) is 0 Å². The van der Waals surface area contributed by atoms with Gasteiger partial charge in [-0.25, -0.2) is 8.78 Å². The monoisotopic (exact) mass is 422 g/mol. The molecule has 134 valence electrons. The van der Waals surface area contributed by atoms with Crippen LogP contribution in [0.5, 0.6) is 0 Å². The third-order valence-corrected chi connectivity index (χ3v) is 4.42. The van der Waals surface area contributed by atoms with E-state index in [1.165, 1.54) is 0 Å². The number of fused-ring (bicyclic) bond motifs is 1. The summed E-state index contributed by atoms with van der Waals surface area (Å²) >= 11 is 3.26. The van der Waals surface area contributed by atoms with E-state index in [0.717, 1.165) is 17.0 Å². The van der Waals surface area contributed by atoms with Gasteiger partial charge in [0.2, 0.25) is 5.91 Å². The lowest BCUT2D eigenvalue weighted by atomic mass is 10.1. The fraction of sp³-hybridized carbons (Fsp3) is 0.167. The first-order valence-corrected chi connectivity index (χ1v) is 8.57. The number of hydrogen-bond donors (Lipinski definition) is 1. The van der Waals surface area contributed by atoms with Crippen molar-refractivity contribution >= 4 is 39.3 Å². The van der Waals surface area contributed by atoms with E-state index in [1.54, 1.807) is 18.2 Å². The molecular formula is C18H13BrF2N2O3. The molecule has 1 aliphatic rings. The Kier molecular flexibility index (Phi) is 5.13. The molecule has 0 bridgehead atoms. The van der Waals surface area contributed by atoms with Crippen LogP contribution in [0.25, 0.3) is 0 Å². The molecule has 0 unspecified atom stereocenters. The van der Waals surface area contributed by atoms with Gasteiger partial charge in [-0.05, 0) is 36.8 Å². The lowest BCUT2D eigenvalue weighted by molar-refractivity contribution is -0.116. The van der Waals surface area contributed by atoms with Crippen LogP contribution in [-0.4, -0.2) is 29.2 Å². The topological polar surface area (TPSA) is 66.5 Å². The number of carbonyl (C=O) groups excluding carboxylic acids is 3. The predicted octanol–water partition coefficient (Wildman–Crippen LogP) is 3.74. The van der Waals surface area contributed by atoms with E-state index in [9.17, 15) is 23.2 Å². The van der Waals surface area contributed by atoms with Gasteiger partial charge in [0, 0.05) is 23.5 Å². The summed E-state index contributed by atoms with van der Waals surface area (Å²) < 4.78 is 27.0. The Labute approximate surface area is 156 Å². The maximum absolute atomic E-state index is 13.5. The number of halogens is 3. The molecule has 2 aromatic rings. The molecule has 1 heterocycles. The highest BCUT2D eigenvalue weighted by Gasteiger charge is 2.35. The number of hydrogen-bond acceptors (Lipinski definition) is 3. The smallest absolute Gasteiger partial charge is 0.261 e. The zero-order valence-electron chi connectivity index (χ0n) is 13.4. The highest BCUT2D eigenvalue weighted by Crippen LogP contribution is 2.26. The number of benzene rings is 2. The summed E-state index contributed by atoms with van der Waals surface area (Å²) in [5, 5.41) is 2.33. The number of nitrogens with one attached hydrogen (secondary N) is 1. The average molecular weight is 423 g/mol. The zero-order chi connectivity index (χ0) is 18.8. The lowest BCUT2D eigenvalue weighted by Crippen LogP contribution is -2.31. The number of anilines is 1. The van der Waals surface area contributed by atoms with E-state index in [1.807, 2.05) is 0 Å². The van der Waals surface area contributed by atoms with E-state index in [2.05, 4.69) is 21.2 Å². The third kappa shape index (κ3) is 3.65. The van der Waals surface area contributed by atoms with Gasteiger partial charge in [0.1, 0.15) is 11.6 Å². The van der Waals surface area contributed by atoms with Crippen molar-refractivity contribution < 1.29 is 23.2 Å². The van der Waals surface area contributed by atoms with Gasteiger partial charge in [-0.2, -0.15) is 0 Å². The molecule has 0 atom stereocenters. The summed E-state index contributed by atoms with van der Waals surface area (Å²) in [6.07, 6.45) is 0.204. The number of imide groups is 1. The molecule has 26 heavy (non-hydrogen) atoms. The Morgan fingerprint density at radius 2 is 1.77 bits per heavy atom. The normalized spacial score (nSPS) is 13.1. The van der Waals surface area contributed by atoms with Crippen molar-refractivity contribution in [2.45, 2.75) is 12.8 Å². The molecule has 0 radical (unpaired) electrons. The molecule has 5 nitrogen and oxygen atoms in total. The van der Waals surface area contributed by atoms with Gasteiger partial charge < -0.3 is 5.32 Å². The van der Waals surface area contributed by atoms with Crippen molar-refractivity contribution in [3.05, 3.63) is 63.6 Å². The van der Waals surface area contributed by atoms with E-state index >= 15 is 0 Å². The Morgan fingerprint density at radius 3 is 2.50 bits per heavy atom. The van der Waals surface area contributed by atoms with Crippen LogP contribution in [0.3, 0.4) is 0 Å². The van der Waals surface area contributed by atoms with Crippen molar-refractivity contribution in [2.75, 3.05) is 11.9 Å². The highest BCUT2D eigenvalue weighted by molar-refractivity contribution is 9.10. The molecule has 2 aromatic carbocycles. The van der Waals surface area contributed by atoms with E-state index in [0.29, 0.717) is 21.7 Å². The summed E-state index contributed by atoms with van der Waals surface area (Å²) in [7, 11) is 0. The molecule has 0 saturated heterocycles. The van der Waals surface area contributed by atoms with Gasteiger partial charge in [0.15, 0.2) is 0 Å². The van der Waals surface area contributed by atoms with Gasteiger partial charge in [-0.1, -0.05) is 15.9 Å². The summed E-state index contributed by atoms with van der Waals surface area (Å²) in [5.41, 5.74) is 0.528. The Balaban J connectivity index is 1.56. The SMILES string of the molecule is O=C(CCCN1C(=O)c2ccc(Br)cc2C1=O)Nc1ccc(F)cc1F. The number of rotatable bonds is 5. The van der Waals surface area contributed by atoms with E-state index in [4.69, 9.17) is 0 Å². The summed E-state index contributed by atoms with van der Waals surface area (Å²) in [6.45, 7) is 0.0727. The van der Waals surface area contributed by atoms with Crippen LogP contribution in [0.1, 0.15) is 33.6 Å². The molecule has 0 spiro atoms. The molecule has 0 aliphatic carbocycles. The zero-order valence-corrected chi connectivity index (χ0v) is 15.0. The van der Waals surface area contributed by atoms with Crippen molar-refractivity contribution in [2.24, 2.45) is 0 Å².